The highest BCUT2D eigenvalue weighted by Gasteiger charge is 2.11. The summed E-state index contributed by atoms with van der Waals surface area (Å²) in [4.78, 5) is 26.4. The normalized spacial score (nSPS) is 10.5. The van der Waals surface area contributed by atoms with Crippen LogP contribution in [0.5, 0.6) is 0 Å². The molecular formula is C14H16N4O3S. The molecule has 0 atom stereocenters. The van der Waals surface area contributed by atoms with Gasteiger partial charge in [0.05, 0.1) is 10.6 Å². The summed E-state index contributed by atoms with van der Waals surface area (Å²) in [7, 11) is 1.89. The molecule has 0 bridgehead atoms. The number of rotatable bonds is 6. The van der Waals surface area contributed by atoms with Gasteiger partial charge < -0.3 is 9.88 Å². The third kappa shape index (κ3) is 4.08. The fraction of sp³-hybridized carbons (Fsp3) is 0.286. The third-order valence-corrected chi connectivity index (χ3v) is 4.10. The Kier molecular flexibility index (Phi) is 5.16. The first-order valence-corrected chi connectivity index (χ1v) is 7.61. The van der Waals surface area contributed by atoms with E-state index in [1.807, 2.05) is 17.8 Å². The van der Waals surface area contributed by atoms with E-state index in [1.165, 1.54) is 23.9 Å². The molecule has 2 aromatic rings. The van der Waals surface area contributed by atoms with Crippen molar-refractivity contribution in [2.24, 2.45) is 7.05 Å². The molecule has 116 valence electrons. The van der Waals surface area contributed by atoms with E-state index >= 15 is 0 Å². The van der Waals surface area contributed by atoms with Gasteiger partial charge in [0, 0.05) is 43.7 Å². The Morgan fingerprint density at radius 3 is 2.91 bits per heavy atom. The Hall–Kier alpha value is -2.35. The second kappa shape index (κ2) is 7.08. The van der Waals surface area contributed by atoms with Crippen molar-refractivity contribution in [1.29, 1.82) is 0 Å². The number of hydrogen-bond acceptors (Lipinski definition) is 5. The molecule has 1 amide bonds. The maximum absolute atomic E-state index is 11.9. The number of thioether (sulfide) groups is 1. The third-order valence-electron chi connectivity index (χ3n) is 3.04. The molecular weight excluding hydrogens is 304 g/mol. The van der Waals surface area contributed by atoms with Crippen molar-refractivity contribution < 1.29 is 9.72 Å². The zero-order valence-electron chi connectivity index (χ0n) is 12.3. The van der Waals surface area contributed by atoms with Crippen molar-refractivity contribution >= 4 is 29.0 Å². The van der Waals surface area contributed by atoms with Crippen LogP contribution in [0.4, 0.5) is 11.4 Å². The largest absolute Gasteiger partial charge is 0.329 e. The standard InChI is InChI=1S/C14H16N4O3S/c1-10-3-4-11(18(20)21)9-12(10)16-13(19)5-8-22-14-15-6-7-17(14)2/h3-4,6-7,9H,5,8H2,1-2H3,(H,16,19). The maximum atomic E-state index is 11.9. The topological polar surface area (TPSA) is 90.1 Å². The summed E-state index contributed by atoms with van der Waals surface area (Å²) >= 11 is 1.49. The van der Waals surface area contributed by atoms with Gasteiger partial charge >= 0.3 is 0 Å². The van der Waals surface area contributed by atoms with Crippen LogP contribution in [0.25, 0.3) is 0 Å². The number of aryl methyl sites for hydroxylation is 2. The summed E-state index contributed by atoms with van der Waals surface area (Å²) in [6.45, 7) is 1.79. The summed E-state index contributed by atoms with van der Waals surface area (Å²) < 4.78 is 1.88. The first-order chi connectivity index (χ1) is 10.5. The van der Waals surface area contributed by atoms with Gasteiger partial charge in [0.2, 0.25) is 5.91 Å². The second-order valence-corrected chi connectivity index (χ2v) is 5.79. The van der Waals surface area contributed by atoms with Crippen LogP contribution in [0.3, 0.4) is 0 Å². The highest BCUT2D eigenvalue weighted by Crippen LogP contribution is 2.22. The van der Waals surface area contributed by atoms with Crippen LogP contribution in [0.15, 0.2) is 35.7 Å². The number of nitro benzene ring substituents is 1. The Labute approximate surface area is 131 Å². The van der Waals surface area contributed by atoms with Crippen molar-refractivity contribution in [3.63, 3.8) is 0 Å². The van der Waals surface area contributed by atoms with Gasteiger partial charge in [-0.15, -0.1) is 0 Å². The van der Waals surface area contributed by atoms with Crippen molar-refractivity contribution in [3.05, 3.63) is 46.3 Å². The van der Waals surface area contributed by atoms with Crippen LogP contribution in [-0.4, -0.2) is 26.1 Å². The molecule has 1 aromatic carbocycles. The van der Waals surface area contributed by atoms with Crippen LogP contribution in [-0.2, 0) is 11.8 Å². The lowest BCUT2D eigenvalue weighted by Crippen LogP contribution is -2.13. The summed E-state index contributed by atoms with van der Waals surface area (Å²) in [5, 5.41) is 14.3. The van der Waals surface area contributed by atoms with Crippen LogP contribution in [0.2, 0.25) is 0 Å². The quantitative estimate of drug-likeness (QED) is 0.502. The number of nitrogens with zero attached hydrogens (tertiary/aromatic N) is 3. The Balaban J connectivity index is 1.90. The molecule has 1 aromatic heterocycles. The van der Waals surface area contributed by atoms with Gasteiger partial charge in [-0.1, -0.05) is 17.8 Å². The summed E-state index contributed by atoms with van der Waals surface area (Å²) in [6.07, 6.45) is 3.85. The molecule has 0 fully saturated rings. The van der Waals surface area contributed by atoms with E-state index in [-0.39, 0.29) is 11.6 Å². The van der Waals surface area contributed by atoms with E-state index in [0.717, 1.165) is 10.7 Å². The van der Waals surface area contributed by atoms with Crippen molar-refractivity contribution in [3.8, 4) is 0 Å². The van der Waals surface area contributed by atoms with E-state index in [4.69, 9.17) is 0 Å². The lowest BCUT2D eigenvalue weighted by atomic mass is 10.2. The molecule has 0 aliphatic carbocycles. The number of anilines is 1. The number of benzene rings is 1. The lowest BCUT2D eigenvalue weighted by Gasteiger charge is -2.08. The number of imidazole rings is 1. The van der Waals surface area contributed by atoms with Crippen molar-refractivity contribution in [2.45, 2.75) is 18.5 Å². The maximum Gasteiger partial charge on any atom is 0.271 e. The van der Waals surface area contributed by atoms with Gasteiger partial charge in [-0.25, -0.2) is 4.98 Å². The average molecular weight is 320 g/mol. The number of hydrogen-bond donors (Lipinski definition) is 1. The molecule has 1 heterocycles. The van der Waals surface area contributed by atoms with Gasteiger partial charge in [0.1, 0.15) is 0 Å². The van der Waals surface area contributed by atoms with Gasteiger partial charge in [-0.3, -0.25) is 14.9 Å². The number of amides is 1. The van der Waals surface area contributed by atoms with E-state index in [2.05, 4.69) is 10.3 Å². The number of non-ortho nitro benzene ring substituents is 1. The summed E-state index contributed by atoms with van der Waals surface area (Å²) in [6, 6.07) is 4.41. The minimum Gasteiger partial charge on any atom is -0.329 e. The fourth-order valence-corrected chi connectivity index (χ4v) is 2.67. The Morgan fingerprint density at radius 1 is 1.50 bits per heavy atom. The molecule has 0 aliphatic heterocycles. The number of aromatic nitrogens is 2. The predicted molar refractivity (Wildman–Crippen MR) is 85.0 cm³/mol. The molecule has 22 heavy (non-hydrogen) atoms. The van der Waals surface area contributed by atoms with Gasteiger partial charge in [0.25, 0.3) is 5.69 Å². The minimum atomic E-state index is -0.480. The zero-order valence-corrected chi connectivity index (χ0v) is 13.1. The highest BCUT2D eigenvalue weighted by atomic mass is 32.2. The van der Waals surface area contributed by atoms with Crippen LogP contribution >= 0.6 is 11.8 Å². The number of carbonyl (C=O) groups is 1. The van der Waals surface area contributed by atoms with Crippen LogP contribution in [0.1, 0.15) is 12.0 Å². The Bertz CT molecular complexity index is 699. The summed E-state index contributed by atoms with van der Waals surface area (Å²) in [5.41, 5.74) is 1.22. The first kappa shape index (κ1) is 16.0. The number of nitrogens with one attached hydrogen (secondary N) is 1. The van der Waals surface area contributed by atoms with E-state index in [1.54, 1.807) is 19.2 Å². The molecule has 0 radical (unpaired) electrons. The molecule has 1 N–H and O–H groups in total. The lowest BCUT2D eigenvalue weighted by molar-refractivity contribution is -0.384. The molecule has 2 rings (SSSR count). The van der Waals surface area contributed by atoms with E-state index in [0.29, 0.717) is 17.9 Å². The minimum absolute atomic E-state index is 0.0386. The van der Waals surface area contributed by atoms with Gasteiger partial charge in [0.15, 0.2) is 5.16 Å². The SMILES string of the molecule is Cc1ccc([N+](=O)[O-])cc1NC(=O)CCSc1nccn1C. The van der Waals surface area contributed by atoms with Gasteiger partial charge in [-0.05, 0) is 12.5 Å². The summed E-state index contributed by atoms with van der Waals surface area (Å²) in [5.74, 6) is 0.412. The predicted octanol–water partition coefficient (Wildman–Crippen LogP) is 2.76. The Morgan fingerprint density at radius 2 is 2.27 bits per heavy atom. The molecule has 8 heteroatoms. The van der Waals surface area contributed by atoms with E-state index < -0.39 is 4.92 Å². The van der Waals surface area contributed by atoms with E-state index in [9.17, 15) is 14.9 Å². The molecule has 0 saturated carbocycles. The molecule has 0 saturated heterocycles. The van der Waals surface area contributed by atoms with Crippen molar-refractivity contribution in [1.82, 2.24) is 9.55 Å². The number of carbonyl (C=O) groups excluding carboxylic acids is 1. The molecule has 0 aliphatic rings. The molecule has 0 spiro atoms. The van der Waals surface area contributed by atoms with Crippen molar-refractivity contribution in [2.75, 3.05) is 11.1 Å². The first-order valence-electron chi connectivity index (χ1n) is 6.62. The highest BCUT2D eigenvalue weighted by molar-refractivity contribution is 7.99. The monoisotopic (exact) mass is 320 g/mol. The molecule has 7 nitrogen and oxygen atoms in total. The molecule has 0 unspecified atom stereocenters. The zero-order chi connectivity index (χ0) is 16.1. The number of nitro groups is 1. The second-order valence-electron chi connectivity index (χ2n) is 4.72. The smallest absolute Gasteiger partial charge is 0.271 e. The van der Waals surface area contributed by atoms with Gasteiger partial charge in [-0.2, -0.15) is 0 Å². The van der Waals surface area contributed by atoms with Crippen LogP contribution < -0.4 is 5.32 Å². The van der Waals surface area contributed by atoms with Crippen LogP contribution in [0, 0.1) is 17.0 Å². The average Bonchev–Trinajstić information content (AvgIpc) is 2.86. The fourth-order valence-electron chi connectivity index (χ4n) is 1.80.